The maximum atomic E-state index is 11.7. The molecule has 158 valence electrons. The summed E-state index contributed by atoms with van der Waals surface area (Å²) in [6, 6.07) is -0.575. The van der Waals surface area contributed by atoms with Crippen molar-refractivity contribution in [3.05, 3.63) is 0 Å². The number of hydrogen-bond donors (Lipinski definition) is 1. The summed E-state index contributed by atoms with van der Waals surface area (Å²) in [5.41, 5.74) is 0. The van der Waals surface area contributed by atoms with Gasteiger partial charge in [-0.25, -0.2) is 4.79 Å². The average molecular weight is 382 g/mol. The molecular formula is C23H43NO3. The normalized spacial score (nSPS) is 17.0. The van der Waals surface area contributed by atoms with Gasteiger partial charge in [-0.1, -0.05) is 103 Å². The van der Waals surface area contributed by atoms with Gasteiger partial charge < -0.3 is 10.0 Å². The van der Waals surface area contributed by atoms with Crippen LogP contribution in [0.5, 0.6) is 0 Å². The lowest BCUT2D eigenvalue weighted by atomic mass is 10.0. The molecule has 1 amide bonds. The summed E-state index contributed by atoms with van der Waals surface area (Å²) in [6.07, 6.45) is 22.1. The summed E-state index contributed by atoms with van der Waals surface area (Å²) in [5, 5.41) is 9.14. The average Bonchev–Trinajstić information content (AvgIpc) is 3.02. The van der Waals surface area contributed by atoms with Crippen molar-refractivity contribution in [3.63, 3.8) is 0 Å². The first-order chi connectivity index (χ1) is 13.2. The summed E-state index contributed by atoms with van der Waals surface area (Å²) in [4.78, 5) is 24.5. The molecule has 0 aromatic heterocycles. The third-order valence-electron chi connectivity index (χ3n) is 5.87. The summed E-state index contributed by atoms with van der Waals surface area (Å²) in [7, 11) is 0. The van der Waals surface area contributed by atoms with Crippen molar-refractivity contribution in [1.29, 1.82) is 0 Å². The van der Waals surface area contributed by atoms with E-state index >= 15 is 0 Å². The Bertz CT molecular complexity index is 397. The molecule has 0 saturated carbocycles. The number of amides is 1. The minimum atomic E-state index is -0.850. The lowest BCUT2D eigenvalue weighted by molar-refractivity contribution is -0.146. The van der Waals surface area contributed by atoms with Crippen molar-refractivity contribution in [2.24, 2.45) is 0 Å². The van der Waals surface area contributed by atoms with Crippen LogP contribution in [0.1, 0.15) is 122 Å². The van der Waals surface area contributed by atoms with Crippen molar-refractivity contribution in [3.8, 4) is 0 Å². The standard InChI is InChI=1S/C23H43NO3/c1-2-3-4-5-6-7-8-9-10-11-12-13-14-15-16-17-20-24-21(23(26)27)18-19-22(24)25/h21H,2-20H2,1H3,(H,26,27)/t21-/m0/s1. The minimum absolute atomic E-state index is 0.0170. The minimum Gasteiger partial charge on any atom is -0.480 e. The van der Waals surface area contributed by atoms with E-state index in [1.54, 1.807) is 4.90 Å². The Morgan fingerprint density at radius 1 is 0.815 bits per heavy atom. The molecule has 1 aliphatic heterocycles. The van der Waals surface area contributed by atoms with E-state index < -0.39 is 12.0 Å². The first kappa shape index (κ1) is 24.0. The van der Waals surface area contributed by atoms with Crippen LogP contribution in [0, 0.1) is 0 Å². The molecule has 1 rings (SSSR count). The smallest absolute Gasteiger partial charge is 0.326 e. The monoisotopic (exact) mass is 381 g/mol. The molecule has 4 nitrogen and oxygen atoms in total. The van der Waals surface area contributed by atoms with Crippen molar-refractivity contribution in [1.82, 2.24) is 4.90 Å². The van der Waals surface area contributed by atoms with Crippen molar-refractivity contribution < 1.29 is 14.7 Å². The van der Waals surface area contributed by atoms with E-state index in [-0.39, 0.29) is 5.91 Å². The Balaban J connectivity index is 1.82. The van der Waals surface area contributed by atoms with Gasteiger partial charge in [0.2, 0.25) is 5.91 Å². The number of carbonyl (C=O) groups is 2. The van der Waals surface area contributed by atoms with Crippen LogP contribution in [-0.4, -0.2) is 34.5 Å². The van der Waals surface area contributed by atoms with Gasteiger partial charge in [-0.3, -0.25) is 4.79 Å². The second-order valence-corrected chi connectivity index (χ2v) is 8.28. The Kier molecular flexibility index (Phi) is 14.2. The molecule has 0 radical (unpaired) electrons. The highest BCUT2D eigenvalue weighted by atomic mass is 16.4. The van der Waals surface area contributed by atoms with Gasteiger partial charge in [-0.2, -0.15) is 0 Å². The van der Waals surface area contributed by atoms with E-state index in [1.165, 1.54) is 89.9 Å². The summed E-state index contributed by atoms with van der Waals surface area (Å²) >= 11 is 0. The van der Waals surface area contributed by atoms with Crippen LogP contribution in [0.25, 0.3) is 0 Å². The van der Waals surface area contributed by atoms with E-state index in [9.17, 15) is 9.59 Å². The first-order valence-electron chi connectivity index (χ1n) is 11.7. The maximum Gasteiger partial charge on any atom is 0.326 e. The van der Waals surface area contributed by atoms with Crippen LogP contribution in [0.2, 0.25) is 0 Å². The zero-order valence-electron chi connectivity index (χ0n) is 17.7. The number of unbranched alkanes of at least 4 members (excludes halogenated alkanes) is 15. The fourth-order valence-electron chi connectivity index (χ4n) is 4.10. The maximum absolute atomic E-state index is 11.7. The van der Waals surface area contributed by atoms with Gasteiger partial charge >= 0.3 is 5.97 Å². The van der Waals surface area contributed by atoms with Crippen molar-refractivity contribution >= 4 is 11.9 Å². The van der Waals surface area contributed by atoms with Gasteiger partial charge in [0, 0.05) is 13.0 Å². The number of carboxylic acid groups (broad SMARTS) is 1. The second-order valence-electron chi connectivity index (χ2n) is 8.28. The zero-order chi connectivity index (χ0) is 19.7. The third-order valence-corrected chi connectivity index (χ3v) is 5.87. The van der Waals surface area contributed by atoms with Crippen molar-refractivity contribution in [2.45, 2.75) is 129 Å². The van der Waals surface area contributed by atoms with Crippen molar-refractivity contribution in [2.75, 3.05) is 6.54 Å². The lowest BCUT2D eigenvalue weighted by Gasteiger charge is -2.21. The van der Waals surface area contributed by atoms with Gasteiger partial charge in [0.15, 0.2) is 0 Å². The van der Waals surface area contributed by atoms with Crippen LogP contribution in [0.15, 0.2) is 0 Å². The number of carbonyl (C=O) groups excluding carboxylic acids is 1. The van der Waals surface area contributed by atoms with Crippen LogP contribution < -0.4 is 0 Å². The second kappa shape index (κ2) is 15.9. The number of likely N-dealkylation sites (tertiary alicyclic amines) is 1. The summed E-state index contributed by atoms with van der Waals surface area (Å²) in [6.45, 7) is 2.89. The molecule has 1 aliphatic rings. The molecule has 1 heterocycles. The Morgan fingerprint density at radius 2 is 1.22 bits per heavy atom. The largest absolute Gasteiger partial charge is 0.480 e. The van der Waals surface area contributed by atoms with Gasteiger partial charge in [0.05, 0.1) is 0 Å². The SMILES string of the molecule is CCCCCCCCCCCCCCCCCCN1C(=O)CC[C@H]1C(=O)O. The van der Waals surface area contributed by atoms with E-state index in [1.807, 2.05) is 0 Å². The van der Waals surface area contributed by atoms with Crippen LogP contribution >= 0.6 is 0 Å². The molecule has 0 unspecified atom stereocenters. The number of rotatable bonds is 18. The molecule has 4 heteroatoms. The van der Waals surface area contributed by atoms with E-state index in [0.29, 0.717) is 19.4 Å². The van der Waals surface area contributed by atoms with Crippen LogP contribution in [0.4, 0.5) is 0 Å². The fraction of sp³-hybridized carbons (Fsp3) is 0.913. The highest BCUT2D eigenvalue weighted by Crippen LogP contribution is 2.20. The predicted molar refractivity (Wildman–Crippen MR) is 112 cm³/mol. The fourth-order valence-corrected chi connectivity index (χ4v) is 4.10. The summed E-state index contributed by atoms with van der Waals surface area (Å²) < 4.78 is 0. The molecular weight excluding hydrogens is 338 g/mol. The summed E-state index contributed by atoms with van der Waals surface area (Å²) in [5.74, 6) is -0.833. The molecule has 0 aliphatic carbocycles. The highest BCUT2D eigenvalue weighted by Gasteiger charge is 2.35. The van der Waals surface area contributed by atoms with E-state index in [4.69, 9.17) is 5.11 Å². The van der Waals surface area contributed by atoms with Gasteiger partial charge in [0.25, 0.3) is 0 Å². The molecule has 0 aromatic carbocycles. The van der Waals surface area contributed by atoms with Crippen LogP contribution in [0.3, 0.4) is 0 Å². The topological polar surface area (TPSA) is 57.6 Å². The zero-order valence-corrected chi connectivity index (χ0v) is 17.7. The van der Waals surface area contributed by atoms with Gasteiger partial charge in [-0.05, 0) is 12.8 Å². The quantitative estimate of drug-likeness (QED) is 0.282. The molecule has 1 fully saturated rings. The van der Waals surface area contributed by atoms with Gasteiger partial charge in [-0.15, -0.1) is 0 Å². The van der Waals surface area contributed by atoms with Crippen LogP contribution in [-0.2, 0) is 9.59 Å². The Morgan fingerprint density at radius 3 is 1.63 bits per heavy atom. The molecule has 1 atom stereocenters. The van der Waals surface area contributed by atoms with Gasteiger partial charge in [0.1, 0.15) is 6.04 Å². The molecule has 27 heavy (non-hydrogen) atoms. The van der Waals surface area contributed by atoms with E-state index in [2.05, 4.69) is 6.92 Å². The third kappa shape index (κ3) is 11.4. The number of hydrogen-bond acceptors (Lipinski definition) is 2. The number of nitrogens with zero attached hydrogens (tertiary/aromatic N) is 1. The van der Waals surface area contributed by atoms with E-state index in [0.717, 1.165) is 12.8 Å². The number of carboxylic acids is 1. The molecule has 1 saturated heterocycles. The molecule has 0 aromatic rings. The molecule has 0 bridgehead atoms. The first-order valence-corrected chi connectivity index (χ1v) is 11.7. The highest BCUT2D eigenvalue weighted by molar-refractivity contribution is 5.87. The Labute approximate surface area is 167 Å². The molecule has 1 N–H and O–H groups in total. The molecule has 0 spiro atoms. The predicted octanol–water partition coefficient (Wildman–Crippen LogP) is 6.32. The number of aliphatic carboxylic acids is 1. The lowest BCUT2D eigenvalue weighted by Crippen LogP contribution is -2.39. The Hall–Kier alpha value is -1.06.